The highest BCUT2D eigenvalue weighted by Crippen LogP contribution is 2.26. The number of ether oxygens (including phenoxy) is 1. The molecule has 1 aliphatic rings. The molecule has 12 heteroatoms. The van der Waals surface area contributed by atoms with Gasteiger partial charge >= 0.3 is 0 Å². The molecule has 2 aromatic heterocycles. The second-order valence-electron chi connectivity index (χ2n) is 7.78. The number of anilines is 1. The highest BCUT2D eigenvalue weighted by Gasteiger charge is 2.22. The van der Waals surface area contributed by atoms with Crippen LogP contribution in [0.3, 0.4) is 0 Å². The van der Waals surface area contributed by atoms with E-state index in [0.29, 0.717) is 37.0 Å². The van der Waals surface area contributed by atoms with Gasteiger partial charge in [0.15, 0.2) is 10.9 Å². The Morgan fingerprint density at radius 3 is 2.71 bits per heavy atom. The molecule has 1 aliphatic heterocycles. The third kappa shape index (κ3) is 7.28. The SMILES string of the molecule is CC(C)Cn1c(SCC(=O)c2ccc(CCNS(C)(=O)=O)s2)nnc1N1CCOCC1. The number of thioether (sulfide) groups is 1. The van der Waals surface area contributed by atoms with E-state index < -0.39 is 10.0 Å². The summed E-state index contributed by atoms with van der Waals surface area (Å²) in [5.74, 6) is 1.57. The topological polar surface area (TPSA) is 106 Å². The van der Waals surface area contributed by atoms with Gasteiger partial charge in [-0.15, -0.1) is 21.5 Å². The monoisotopic (exact) mass is 487 g/mol. The summed E-state index contributed by atoms with van der Waals surface area (Å²) >= 11 is 2.81. The Bertz CT molecular complexity index is 981. The Morgan fingerprint density at radius 1 is 1.29 bits per heavy atom. The summed E-state index contributed by atoms with van der Waals surface area (Å²) in [6, 6.07) is 3.69. The number of Topliss-reactive ketones (excluding diaryl/α,β-unsaturated/α-hetero) is 1. The minimum atomic E-state index is -3.20. The standard InChI is InChI=1S/C19H29N5O4S3/c1-14(2)12-24-18(23-8-10-28-11-9-23)21-22-19(24)29-13-16(25)17-5-4-15(30-17)6-7-20-31(3,26)27/h4-5,14,20H,6-13H2,1-3H3. The van der Waals surface area contributed by atoms with Crippen molar-refractivity contribution in [2.24, 2.45) is 5.92 Å². The van der Waals surface area contributed by atoms with Gasteiger partial charge in [0.1, 0.15) is 0 Å². The Hall–Kier alpha value is -1.47. The molecule has 1 fully saturated rings. The Labute approximate surface area is 191 Å². The number of thiophene rings is 1. The lowest BCUT2D eigenvalue weighted by Gasteiger charge is -2.28. The van der Waals surface area contributed by atoms with Crippen LogP contribution in [0.4, 0.5) is 5.95 Å². The zero-order valence-corrected chi connectivity index (χ0v) is 20.5. The number of hydrogen-bond acceptors (Lipinski definition) is 9. The number of rotatable bonds is 11. The summed E-state index contributed by atoms with van der Waals surface area (Å²) in [5, 5.41) is 9.51. The maximum absolute atomic E-state index is 12.7. The summed E-state index contributed by atoms with van der Waals surface area (Å²) in [5.41, 5.74) is 0. The number of ketones is 1. The van der Waals surface area contributed by atoms with Crippen LogP contribution in [0.15, 0.2) is 17.3 Å². The molecule has 0 amide bonds. The highest BCUT2D eigenvalue weighted by molar-refractivity contribution is 7.99. The fraction of sp³-hybridized carbons (Fsp3) is 0.632. The van der Waals surface area contributed by atoms with Crippen molar-refractivity contribution >= 4 is 44.9 Å². The molecule has 0 bridgehead atoms. The quantitative estimate of drug-likeness (QED) is 0.378. The molecule has 3 rings (SSSR count). The van der Waals surface area contributed by atoms with Gasteiger partial charge in [0.05, 0.1) is 30.1 Å². The van der Waals surface area contributed by atoms with Gasteiger partial charge in [0, 0.05) is 31.1 Å². The van der Waals surface area contributed by atoms with Crippen molar-refractivity contribution < 1.29 is 17.9 Å². The second-order valence-corrected chi connectivity index (χ2v) is 11.7. The van der Waals surface area contributed by atoms with E-state index in [1.165, 1.54) is 23.1 Å². The van der Waals surface area contributed by atoms with Gasteiger partial charge < -0.3 is 9.64 Å². The minimum Gasteiger partial charge on any atom is -0.378 e. The van der Waals surface area contributed by atoms with Crippen molar-refractivity contribution in [2.45, 2.75) is 32.0 Å². The van der Waals surface area contributed by atoms with Gasteiger partial charge in [-0.25, -0.2) is 13.1 Å². The average molecular weight is 488 g/mol. The number of carbonyl (C=O) groups excluding carboxylic acids is 1. The summed E-state index contributed by atoms with van der Waals surface area (Å²) < 4.78 is 32.3. The number of sulfonamides is 1. The third-order valence-electron chi connectivity index (χ3n) is 4.54. The van der Waals surface area contributed by atoms with Crippen molar-refractivity contribution in [3.63, 3.8) is 0 Å². The van der Waals surface area contributed by atoms with Crippen molar-refractivity contribution in [1.29, 1.82) is 0 Å². The van der Waals surface area contributed by atoms with Crippen LogP contribution in [0.25, 0.3) is 0 Å². The van der Waals surface area contributed by atoms with Gasteiger partial charge in [0.25, 0.3) is 0 Å². The fourth-order valence-electron chi connectivity index (χ4n) is 3.13. The number of morpholine rings is 1. The molecular weight excluding hydrogens is 458 g/mol. The zero-order valence-electron chi connectivity index (χ0n) is 18.0. The van der Waals surface area contributed by atoms with Crippen LogP contribution >= 0.6 is 23.1 Å². The number of hydrogen-bond donors (Lipinski definition) is 1. The molecule has 31 heavy (non-hydrogen) atoms. The van der Waals surface area contributed by atoms with Crippen LogP contribution in [0.2, 0.25) is 0 Å². The number of carbonyl (C=O) groups is 1. The van der Waals surface area contributed by atoms with Crippen molar-refractivity contribution in [3.8, 4) is 0 Å². The molecule has 3 heterocycles. The predicted octanol–water partition coefficient (Wildman–Crippen LogP) is 1.90. The lowest BCUT2D eigenvalue weighted by molar-refractivity contribution is 0.102. The molecule has 0 radical (unpaired) electrons. The number of nitrogens with zero attached hydrogens (tertiary/aromatic N) is 4. The smallest absolute Gasteiger partial charge is 0.228 e. The largest absolute Gasteiger partial charge is 0.378 e. The fourth-order valence-corrected chi connectivity index (χ4v) is 5.47. The zero-order chi connectivity index (χ0) is 22.4. The van der Waals surface area contributed by atoms with Crippen LogP contribution in [-0.2, 0) is 27.7 Å². The molecule has 0 aromatic carbocycles. The highest BCUT2D eigenvalue weighted by atomic mass is 32.2. The summed E-state index contributed by atoms with van der Waals surface area (Å²) in [6.45, 7) is 8.32. The Balaban J connectivity index is 1.61. The van der Waals surface area contributed by atoms with E-state index in [2.05, 4.69) is 38.2 Å². The third-order valence-corrected chi connectivity index (χ3v) is 7.42. The van der Waals surface area contributed by atoms with E-state index >= 15 is 0 Å². The van der Waals surface area contributed by atoms with Crippen LogP contribution in [-0.4, -0.2) is 73.8 Å². The first-order valence-corrected chi connectivity index (χ1v) is 13.9. The van der Waals surface area contributed by atoms with E-state index in [1.54, 1.807) is 6.07 Å². The molecule has 0 spiro atoms. The van der Waals surface area contributed by atoms with E-state index in [0.717, 1.165) is 41.9 Å². The normalized spacial score (nSPS) is 15.0. The van der Waals surface area contributed by atoms with Crippen LogP contribution in [0.1, 0.15) is 28.4 Å². The molecule has 1 saturated heterocycles. The Morgan fingerprint density at radius 2 is 2.03 bits per heavy atom. The molecule has 0 unspecified atom stereocenters. The molecule has 1 N–H and O–H groups in total. The predicted molar refractivity (Wildman–Crippen MR) is 124 cm³/mol. The van der Waals surface area contributed by atoms with E-state index in [-0.39, 0.29) is 11.5 Å². The number of aromatic nitrogens is 3. The van der Waals surface area contributed by atoms with Gasteiger partial charge in [-0.2, -0.15) is 0 Å². The second kappa shape index (κ2) is 10.9. The first-order chi connectivity index (χ1) is 14.7. The molecule has 2 aromatic rings. The van der Waals surface area contributed by atoms with E-state index in [4.69, 9.17) is 4.74 Å². The minimum absolute atomic E-state index is 0.0318. The first-order valence-electron chi connectivity index (χ1n) is 10.2. The van der Waals surface area contributed by atoms with E-state index in [9.17, 15) is 13.2 Å². The van der Waals surface area contributed by atoms with Crippen molar-refractivity contribution in [2.75, 3.05) is 49.8 Å². The molecule has 172 valence electrons. The molecule has 9 nitrogen and oxygen atoms in total. The van der Waals surface area contributed by atoms with E-state index in [1.807, 2.05) is 6.07 Å². The number of nitrogens with one attached hydrogen (secondary N) is 1. The van der Waals surface area contributed by atoms with Crippen molar-refractivity contribution in [3.05, 3.63) is 21.9 Å². The van der Waals surface area contributed by atoms with Crippen LogP contribution in [0.5, 0.6) is 0 Å². The van der Waals surface area contributed by atoms with Crippen molar-refractivity contribution in [1.82, 2.24) is 19.5 Å². The van der Waals surface area contributed by atoms with Gasteiger partial charge in [-0.1, -0.05) is 25.6 Å². The van der Waals surface area contributed by atoms with Crippen LogP contribution < -0.4 is 9.62 Å². The first kappa shape index (κ1) is 24.2. The van der Waals surface area contributed by atoms with Gasteiger partial charge in [-0.05, 0) is 24.5 Å². The summed E-state index contributed by atoms with van der Waals surface area (Å²) in [7, 11) is -3.20. The summed E-state index contributed by atoms with van der Waals surface area (Å²) in [6.07, 6.45) is 1.69. The molecule has 0 atom stereocenters. The summed E-state index contributed by atoms with van der Waals surface area (Å²) in [4.78, 5) is 16.5. The van der Waals surface area contributed by atoms with Crippen LogP contribution in [0, 0.1) is 5.92 Å². The lowest BCUT2D eigenvalue weighted by atomic mass is 10.2. The maximum atomic E-state index is 12.7. The molecule has 0 saturated carbocycles. The molecule has 0 aliphatic carbocycles. The molecular formula is C19H29N5O4S3. The maximum Gasteiger partial charge on any atom is 0.228 e. The lowest BCUT2D eigenvalue weighted by Crippen LogP contribution is -2.38. The van der Waals surface area contributed by atoms with Gasteiger partial charge in [-0.3, -0.25) is 9.36 Å². The Kier molecular flexibility index (Phi) is 8.50. The average Bonchev–Trinajstić information content (AvgIpc) is 3.33. The van der Waals surface area contributed by atoms with Gasteiger partial charge in [0.2, 0.25) is 16.0 Å².